The van der Waals surface area contributed by atoms with Crippen LogP contribution < -0.4 is 4.74 Å². The lowest BCUT2D eigenvalue weighted by Gasteiger charge is -2.10. The normalized spacial score (nSPS) is 10.2. The van der Waals surface area contributed by atoms with Gasteiger partial charge < -0.3 is 4.74 Å². The van der Waals surface area contributed by atoms with E-state index in [1.54, 1.807) is 12.4 Å². The molecule has 0 aliphatic rings. The highest BCUT2D eigenvalue weighted by atomic mass is 16.5. The number of pyridine rings is 1. The molecule has 1 aromatic heterocycles. The molecule has 2 aromatic rings. The second-order valence-corrected chi connectivity index (χ2v) is 4.58. The summed E-state index contributed by atoms with van der Waals surface area (Å²) in [5.74, 6) is 0.809. The van der Waals surface area contributed by atoms with Gasteiger partial charge in [-0.15, -0.1) is 0 Å². The number of hydrogen-bond acceptors (Lipinski definition) is 3. The molecule has 20 heavy (non-hydrogen) atoms. The van der Waals surface area contributed by atoms with Crippen LogP contribution in [-0.4, -0.2) is 17.4 Å². The number of ketones is 1. The molecular weight excluding hydrogens is 250 g/mol. The number of carbonyl (C=O) groups is 1. The topological polar surface area (TPSA) is 39.2 Å². The monoisotopic (exact) mass is 269 g/mol. The van der Waals surface area contributed by atoms with Crippen molar-refractivity contribution in [3.8, 4) is 5.75 Å². The summed E-state index contributed by atoms with van der Waals surface area (Å²) in [4.78, 5) is 15.8. The van der Waals surface area contributed by atoms with Gasteiger partial charge in [0.2, 0.25) is 0 Å². The molecule has 0 aliphatic heterocycles. The number of Topliss-reactive ketones (excluding diaryl/α,β-unsaturated/α-hetero) is 1. The van der Waals surface area contributed by atoms with Crippen LogP contribution in [0.5, 0.6) is 5.75 Å². The number of aromatic nitrogens is 1. The summed E-state index contributed by atoms with van der Waals surface area (Å²) >= 11 is 0. The first-order valence-corrected chi connectivity index (χ1v) is 6.95. The minimum atomic E-state index is 0.120. The Bertz CT molecular complexity index is 552. The highest BCUT2D eigenvalue weighted by molar-refractivity contribution is 5.98. The quantitative estimate of drug-likeness (QED) is 0.568. The van der Waals surface area contributed by atoms with Crippen molar-refractivity contribution < 1.29 is 9.53 Å². The molecule has 0 aliphatic carbocycles. The first-order valence-electron chi connectivity index (χ1n) is 6.95. The average molecular weight is 269 g/mol. The lowest BCUT2D eigenvalue weighted by atomic mass is 10.1. The van der Waals surface area contributed by atoms with Crippen LogP contribution in [0.2, 0.25) is 0 Å². The molecule has 1 aromatic carbocycles. The second kappa shape index (κ2) is 7.43. The first kappa shape index (κ1) is 14.3. The van der Waals surface area contributed by atoms with E-state index in [0.29, 0.717) is 24.3 Å². The number of nitrogens with zero attached hydrogens (tertiary/aromatic N) is 1. The van der Waals surface area contributed by atoms with Crippen molar-refractivity contribution in [1.29, 1.82) is 0 Å². The van der Waals surface area contributed by atoms with E-state index in [2.05, 4.69) is 4.98 Å². The number of benzene rings is 1. The third-order valence-electron chi connectivity index (χ3n) is 3.13. The number of hydrogen-bond donors (Lipinski definition) is 0. The Balaban J connectivity index is 1.87. The maximum absolute atomic E-state index is 11.8. The molecule has 0 spiro atoms. The molecule has 0 fully saturated rings. The van der Waals surface area contributed by atoms with Crippen LogP contribution >= 0.6 is 0 Å². The van der Waals surface area contributed by atoms with Crippen molar-refractivity contribution in [3.63, 3.8) is 0 Å². The smallest absolute Gasteiger partial charge is 0.166 e. The fourth-order valence-electron chi connectivity index (χ4n) is 2.02. The number of carbonyl (C=O) groups excluding carboxylic acids is 1. The van der Waals surface area contributed by atoms with Crippen molar-refractivity contribution in [2.45, 2.75) is 26.2 Å². The maximum atomic E-state index is 11.8. The summed E-state index contributed by atoms with van der Waals surface area (Å²) in [5.41, 5.74) is 1.93. The minimum absolute atomic E-state index is 0.120. The number of aryl methyl sites for hydroxylation is 1. The van der Waals surface area contributed by atoms with Gasteiger partial charge in [-0.2, -0.15) is 0 Å². The van der Waals surface area contributed by atoms with E-state index < -0.39 is 0 Å². The average Bonchev–Trinajstić information content (AvgIpc) is 2.52. The van der Waals surface area contributed by atoms with Gasteiger partial charge in [0.05, 0.1) is 12.2 Å². The van der Waals surface area contributed by atoms with Gasteiger partial charge in [0, 0.05) is 18.8 Å². The van der Waals surface area contributed by atoms with Crippen LogP contribution in [0.4, 0.5) is 0 Å². The molecule has 3 heteroatoms. The third-order valence-corrected chi connectivity index (χ3v) is 3.13. The molecule has 0 unspecified atom stereocenters. The molecular formula is C17H19NO2. The zero-order valence-electron chi connectivity index (χ0n) is 11.7. The predicted octanol–water partition coefficient (Wildman–Crippen LogP) is 3.69. The summed E-state index contributed by atoms with van der Waals surface area (Å²) < 4.78 is 5.75. The van der Waals surface area contributed by atoms with Gasteiger partial charge in [-0.05, 0) is 42.7 Å². The van der Waals surface area contributed by atoms with Crippen LogP contribution in [0.15, 0.2) is 48.8 Å². The van der Waals surface area contributed by atoms with Crippen molar-refractivity contribution in [2.75, 3.05) is 6.61 Å². The second-order valence-electron chi connectivity index (χ2n) is 4.58. The fourth-order valence-corrected chi connectivity index (χ4v) is 2.02. The minimum Gasteiger partial charge on any atom is -0.493 e. The van der Waals surface area contributed by atoms with Crippen LogP contribution in [0.1, 0.15) is 35.7 Å². The Hall–Kier alpha value is -2.16. The molecule has 0 saturated heterocycles. The molecule has 1 heterocycles. The van der Waals surface area contributed by atoms with Gasteiger partial charge in [-0.1, -0.05) is 19.1 Å². The van der Waals surface area contributed by atoms with Gasteiger partial charge in [-0.25, -0.2) is 0 Å². The van der Waals surface area contributed by atoms with Gasteiger partial charge in [0.1, 0.15) is 5.75 Å². The maximum Gasteiger partial charge on any atom is 0.166 e. The molecule has 0 radical (unpaired) electrons. The zero-order chi connectivity index (χ0) is 14.2. The Morgan fingerprint density at radius 1 is 1.15 bits per heavy atom. The zero-order valence-corrected chi connectivity index (χ0v) is 11.7. The molecule has 0 saturated carbocycles. The Morgan fingerprint density at radius 3 is 2.65 bits per heavy atom. The highest BCUT2D eigenvalue weighted by Gasteiger charge is 2.09. The van der Waals surface area contributed by atoms with Crippen molar-refractivity contribution in [1.82, 2.24) is 4.98 Å². The van der Waals surface area contributed by atoms with E-state index in [-0.39, 0.29) is 5.78 Å². The summed E-state index contributed by atoms with van der Waals surface area (Å²) in [6, 6.07) is 11.5. The van der Waals surface area contributed by atoms with E-state index >= 15 is 0 Å². The van der Waals surface area contributed by atoms with Crippen LogP contribution in [0.25, 0.3) is 0 Å². The van der Waals surface area contributed by atoms with E-state index in [0.717, 1.165) is 12.8 Å². The SMILES string of the molecule is CCC(=O)c1ccccc1OCCCc1ccncc1. The summed E-state index contributed by atoms with van der Waals surface area (Å²) in [7, 11) is 0. The van der Waals surface area contributed by atoms with Gasteiger partial charge in [0.15, 0.2) is 5.78 Å². The number of ether oxygens (including phenoxy) is 1. The van der Waals surface area contributed by atoms with Crippen LogP contribution in [0, 0.1) is 0 Å². The lowest BCUT2D eigenvalue weighted by molar-refractivity contribution is 0.0984. The largest absolute Gasteiger partial charge is 0.493 e. The molecule has 104 valence electrons. The van der Waals surface area contributed by atoms with Gasteiger partial charge in [0.25, 0.3) is 0 Å². The molecule has 2 rings (SSSR count). The van der Waals surface area contributed by atoms with Gasteiger partial charge in [-0.3, -0.25) is 9.78 Å². The predicted molar refractivity (Wildman–Crippen MR) is 79.1 cm³/mol. The standard InChI is InChI=1S/C17H19NO2/c1-2-16(19)15-7-3-4-8-17(15)20-13-5-6-14-9-11-18-12-10-14/h3-4,7-12H,2,5-6,13H2,1H3. The highest BCUT2D eigenvalue weighted by Crippen LogP contribution is 2.19. The fraction of sp³-hybridized carbons (Fsp3) is 0.294. The van der Waals surface area contributed by atoms with E-state index in [4.69, 9.17) is 4.74 Å². The Kier molecular flexibility index (Phi) is 5.30. The Labute approximate surface area is 119 Å². The third kappa shape index (κ3) is 3.92. The number of para-hydroxylation sites is 1. The van der Waals surface area contributed by atoms with Crippen molar-refractivity contribution in [2.24, 2.45) is 0 Å². The lowest BCUT2D eigenvalue weighted by Crippen LogP contribution is -2.05. The molecule has 0 N–H and O–H groups in total. The molecule has 0 amide bonds. The van der Waals surface area contributed by atoms with Crippen LogP contribution in [-0.2, 0) is 6.42 Å². The van der Waals surface area contributed by atoms with E-state index in [9.17, 15) is 4.79 Å². The molecule has 0 atom stereocenters. The molecule has 3 nitrogen and oxygen atoms in total. The summed E-state index contributed by atoms with van der Waals surface area (Å²) in [6.45, 7) is 2.47. The van der Waals surface area contributed by atoms with Gasteiger partial charge >= 0.3 is 0 Å². The first-order chi connectivity index (χ1) is 9.81. The number of rotatable bonds is 7. The Morgan fingerprint density at radius 2 is 1.90 bits per heavy atom. The van der Waals surface area contributed by atoms with E-state index in [1.807, 2.05) is 43.3 Å². The van der Waals surface area contributed by atoms with Crippen molar-refractivity contribution >= 4 is 5.78 Å². The molecule has 0 bridgehead atoms. The van der Waals surface area contributed by atoms with E-state index in [1.165, 1.54) is 5.56 Å². The van der Waals surface area contributed by atoms with Crippen molar-refractivity contribution in [3.05, 3.63) is 59.9 Å². The summed E-state index contributed by atoms with van der Waals surface area (Å²) in [5, 5.41) is 0. The summed E-state index contributed by atoms with van der Waals surface area (Å²) in [6.07, 6.45) is 5.96. The van der Waals surface area contributed by atoms with Crippen LogP contribution in [0.3, 0.4) is 0 Å².